The summed E-state index contributed by atoms with van der Waals surface area (Å²) in [7, 11) is 0. The van der Waals surface area contributed by atoms with Crippen LogP contribution in [0.15, 0.2) is 41.2 Å². The molecule has 0 atom stereocenters. The number of H-pyrrole nitrogens is 1. The van der Waals surface area contributed by atoms with Crippen molar-refractivity contribution < 1.29 is 9.90 Å². The van der Waals surface area contributed by atoms with Crippen LogP contribution in [-0.2, 0) is 0 Å². The Morgan fingerprint density at radius 2 is 1.94 bits per heavy atom. The van der Waals surface area contributed by atoms with Crippen molar-refractivity contribution in [3.8, 4) is 11.3 Å². The minimum atomic E-state index is -1.33. The summed E-state index contributed by atoms with van der Waals surface area (Å²) in [5.41, 5.74) is 0.171. The summed E-state index contributed by atoms with van der Waals surface area (Å²) >= 11 is 0. The van der Waals surface area contributed by atoms with E-state index in [0.29, 0.717) is 5.69 Å². The highest BCUT2D eigenvalue weighted by atomic mass is 16.4. The molecule has 0 fully saturated rings. The third-order valence-electron chi connectivity index (χ3n) is 2.08. The number of benzene rings is 1. The Bertz CT molecular complexity index is 575. The maximum atomic E-state index is 11.4. The average Bonchev–Trinajstić information content (AvgIpc) is 2.29. The Kier molecular flexibility index (Phi) is 2.51. The van der Waals surface area contributed by atoms with Gasteiger partial charge in [0.25, 0.3) is 0 Å². The summed E-state index contributed by atoms with van der Waals surface area (Å²) < 4.78 is 0. The van der Waals surface area contributed by atoms with Crippen molar-refractivity contribution in [1.82, 2.24) is 10.2 Å². The molecule has 0 saturated carbocycles. The van der Waals surface area contributed by atoms with Gasteiger partial charge in [0.15, 0.2) is 0 Å². The van der Waals surface area contributed by atoms with Gasteiger partial charge >= 0.3 is 5.97 Å². The first-order chi connectivity index (χ1) is 7.68. The van der Waals surface area contributed by atoms with Crippen molar-refractivity contribution >= 4 is 5.97 Å². The molecule has 1 aromatic heterocycles. The summed E-state index contributed by atoms with van der Waals surface area (Å²) in [6.45, 7) is 0. The van der Waals surface area contributed by atoms with Gasteiger partial charge in [-0.3, -0.25) is 9.89 Å². The number of rotatable bonds is 2. The zero-order chi connectivity index (χ0) is 11.5. The molecule has 1 heterocycles. The minimum absolute atomic E-state index is 0.496. The Morgan fingerprint density at radius 1 is 1.25 bits per heavy atom. The molecule has 0 radical (unpaired) electrons. The number of aromatic nitrogens is 2. The largest absolute Gasteiger partial charge is 0.476 e. The summed E-state index contributed by atoms with van der Waals surface area (Å²) in [4.78, 5) is 22.0. The van der Waals surface area contributed by atoms with E-state index in [4.69, 9.17) is 5.11 Å². The lowest BCUT2D eigenvalue weighted by Gasteiger charge is -2.00. The molecular formula is C11H8N2O3. The Hall–Kier alpha value is -2.43. The van der Waals surface area contributed by atoms with E-state index in [9.17, 15) is 9.59 Å². The van der Waals surface area contributed by atoms with E-state index in [2.05, 4.69) is 10.2 Å². The molecule has 0 bridgehead atoms. The predicted molar refractivity (Wildman–Crippen MR) is 57.3 cm³/mol. The van der Waals surface area contributed by atoms with E-state index in [1.54, 1.807) is 12.1 Å². The van der Waals surface area contributed by atoms with Gasteiger partial charge in [-0.1, -0.05) is 30.3 Å². The van der Waals surface area contributed by atoms with E-state index in [-0.39, 0.29) is 0 Å². The van der Waals surface area contributed by atoms with Gasteiger partial charge in [0, 0.05) is 6.07 Å². The second kappa shape index (κ2) is 3.98. The topological polar surface area (TPSA) is 83.0 Å². The molecule has 0 aliphatic carbocycles. The quantitative estimate of drug-likeness (QED) is 0.788. The third-order valence-corrected chi connectivity index (χ3v) is 2.08. The normalized spacial score (nSPS) is 10.0. The first kappa shape index (κ1) is 10.1. The molecule has 0 spiro atoms. The Balaban J connectivity index is 2.51. The fraction of sp³-hybridized carbons (Fsp3) is 0. The number of hydrogen-bond acceptors (Lipinski definition) is 3. The Labute approximate surface area is 90.4 Å². The van der Waals surface area contributed by atoms with Crippen molar-refractivity contribution in [2.45, 2.75) is 0 Å². The predicted octanol–water partition coefficient (Wildman–Crippen LogP) is 1.14. The molecule has 2 N–H and O–H groups in total. The van der Waals surface area contributed by atoms with Crippen molar-refractivity contribution in [3.63, 3.8) is 0 Å². The summed E-state index contributed by atoms with van der Waals surface area (Å²) in [5, 5.41) is 14.7. The highest BCUT2D eigenvalue weighted by molar-refractivity contribution is 5.85. The second-order valence-electron chi connectivity index (χ2n) is 3.17. The molecular weight excluding hydrogens is 208 g/mol. The summed E-state index contributed by atoms with van der Waals surface area (Å²) in [5.74, 6) is -1.33. The second-order valence-corrected chi connectivity index (χ2v) is 3.17. The number of carboxylic acids is 1. The molecule has 0 unspecified atom stereocenters. The number of nitrogens with one attached hydrogen (secondary N) is 1. The zero-order valence-corrected chi connectivity index (χ0v) is 8.18. The van der Waals surface area contributed by atoms with Crippen LogP contribution in [0.3, 0.4) is 0 Å². The van der Waals surface area contributed by atoms with Gasteiger partial charge in [-0.25, -0.2) is 4.79 Å². The lowest BCUT2D eigenvalue weighted by atomic mass is 10.1. The van der Waals surface area contributed by atoms with Crippen LogP contribution in [0, 0.1) is 0 Å². The number of carbonyl (C=O) groups is 1. The van der Waals surface area contributed by atoms with Crippen LogP contribution in [0.1, 0.15) is 10.5 Å². The first-order valence-electron chi connectivity index (χ1n) is 4.57. The van der Waals surface area contributed by atoms with Crippen molar-refractivity contribution in [2.75, 3.05) is 0 Å². The molecule has 2 aromatic rings. The van der Waals surface area contributed by atoms with Crippen molar-refractivity contribution in [3.05, 3.63) is 52.3 Å². The van der Waals surface area contributed by atoms with Crippen LogP contribution in [0.4, 0.5) is 0 Å². The molecule has 0 aliphatic rings. The number of nitrogens with zero attached hydrogens (tertiary/aromatic N) is 1. The first-order valence-corrected chi connectivity index (χ1v) is 4.57. The van der Waals surface area contributed by atoms with Crippen LogP contribution in [0.2, 0.25) is 0 Å². The lowest BCUT2D eigenvalue weighted by Crippen LogP contribution is -2.17. The molecule has 16 heavy (non-hydrogen) atoms. The van der Waals surface area contributed by atoms with E-state index < -0.39 is 17.1 Å². The van der Waals surface area contributed by atoms with E-state index in [0.717, 1.165) is 5.56 Å². The van der Waals surface area contributed by atoms with Crippen LogP contribution in [-0.4, -0.2) is 21.3 Å². The van der Waals surface area contributed by atoms with E-state index >= 15 is 0 Å². The van der Waals surface area contributed by atoms with Crippen LogP contribution >= 0.6 is 0 Å². The minimum Gasteiger partial charge on any atom is -0.476 e. The molecule has 0 aliphatic heterocycles. The standard InChI is InChI=1S/C11H8N2O3/c14-9-6-8(7-4-2-1-3-5-7)12-13-10(9)11(15)16/h1-6H,(H,12,14)(H,15,16). The van der Waals surface area contributed by atoms with Crippen LogP contribution in [0.25, 0.3) is 11.3 Å². The van der Waals surface area contributed by atoms with Crippen LogP contribution < -0.4 is 5.43 Å². The highest BCUT2D eigenvalue weighted by Crippen LogP contribution is 2.12. The highest BCUT2D eigenvalue weighted by Gasteiger charge is 2.11. The smallest absolute Gasteiger partial charge is 0.360 e. The molecule has 0 saturated heterocycles. The fourth-order valence-electron chi connectivity index (χ4n) is 1.32. The molecule has 1 aromatic carbocycles. The molecule has 0 amide bonds. The zero-order valence-electron chi connectivity index (χ0n) is 8.18. The summed E-state index contributed by atoms with van der Waals surface area (Å²) in [6, 6.07) is 10.3. The van der Waals surface area contributed by atoms with Gasteiger partial charge in [0.2, 0.25) is 11.1 Å². The fourth-order valence-corrected chi connectivity index (χ4v) is 1.32. The number of aromatic carboxylic acids is 1. The van der Waals surface area contributed by atoms with Crippen molar-refractivity contribution in [2.24, 2.45) is 0 Å². The van der Waals surface area contributed by atoms with Crippen LogP contribution in [0.5, 0.6) is 0 Å². The monoisotopic (exact) mass is 216 g/mol. The number of aromatic amines is 1. The maximum Gasteiger partial charge on any atom is 0.360 e. The van der Waals surface area contributed by atoms with Gasteiger partial charge in [-0.15, -0.1) is 0 Å². The lowest BCUT2D eigenvalue weighted by molar-refractivity contribution is 0.0687. The number of hydrogen-bond donors (Lipinski definition) is 2. The SMILES string of the molecule is O=C(O)c1n[nH]c(-c2ccccc2)cc1=O. The summed E-state index contributed by atoms with van der Waals surface area (Å²) in [6.07, 6.45) is 0. The Morgan fingerprint density at radius 3 is 2.50 bits per heavy atom. The van der Waals surface area contributed by atoms with Gasteiger partial charge in [-0.05, 0) is 5.56 Å². The maximum absolute atomic E-state index is 11.4. The van der Waals surface area contributed by atoms with E-state index in [1.165, 1.54) is 6.07 Å². The molecule has 80 valence electrons. The number of carboxylic acid groups (broad SMARTS) is 1. The van der Waals surface area contributed by atoms with Crippen molar-refractivity contribution in [1.29, 1.82) is 0 Å². The van der Waals surface area contributed by atoms with Gasteiger partial charge in [-0.2, -0.15) is 5.10 Å². The third kappa shape index (κ3) is 1.83. The van der Waals surface area contributed by atoms with Gasteiger partial charge < -0.3 is 5.11 Å². The van der Waals surface area contributed by atoms with Gasteiger partial charge in [0.1, 0.15) is 0 Å². The van der Waals surface area contributed by atoms with E-state index in [1.807, 2.05) is 18.2 Å². The molecule has 5 nitrogen and oxygen atoms in total. The van der Waals surface area contributed by atoms with Gasteiger partial charge in [0.05, 0.1) is 5.69 Å². The molecule has 2 rings (SSSR count). The average molecular weight is 216 g/mol. The molecule has 5 heteroatoms.